The Kier molecular flexibility index (Phi) is 7.78. The number of hydrogen-bond donors (Lipinski definition) is 5. The van der Waals surface area contributed by atoms with E-state index in [1.54, 1.807) is 48.5 Å². The molecule has 1 aliphatic rings. The predicted octanol–water partition coefficient (Wildman–Crippen LogP) is 1.52. The Hall–Kier alpha value is -3.60. The molecular weight excluding hydrogens is 468 g/mol. The molecule has 3 aromatic rings. The highest BCUT2D eigenvalue weighted by atomic mass is 16.5. The van der Waals surface area contributed by atoms with Gasteiger partial charge in [-0.05, 0) is 23.8 Å². The van der Waals surface area contributed by atoms with Gasteiger partial charge in [-0.15, -0.1) is 0 Å². The number of benzene rings is 3. The number of esters is 1. The number of Topliss-reactive ketones (excluding diaryl/α,β-unsaturated/α-hetero) is 1. The number of aliphatic hydroxyl groups excluding tert-OH is 4. The van der Waals surface area contributed by atoms with Gasteiger partial charge in [-0.3, -0.25) is 4.79 Å². The third-order valence-corrected chi connectivity index (χ3v) is 6.07. The molecule has 1 heterocycles. The molecule has 0 amide bonds. The molecule has 36 heavy (non-hydrogen) atoms. The molecule has 0 saturated carbocycles. The second kappa shape index (κ2) is 11.0. The molecule has 3 aromatic carbocycles. The van der Waals surface area contributed by atoms with E-state index in [0.29, 0.717) is 11.1 Å². The molecule has 0 aromatic heterocycles. The Balaban J connectivity index is 1.50. The van der Waals surface area contributed by atoms with Gasteiger partial charge in [-0.1, -0.05) is 60.7 Å². The molecule has 188 valence electrons. The number of carbonyl (C=O) groups is 2. The number of ether oxygens (including phenoxy) is 2. The summed E-state index contributed by atoms with van der Waals surface area (Å²) in [6, 6.07) is 20.5. The van der Waals surface area contributed by atoms with Gasteiger partial charge in [-0.2, -0.15) is 0 Å². The van der Waals surface area contributed by atoms with Gasteiger partial charge in [-0.25, -0.2) is 4.79 Å². The number of phenols is 1. The summed E-state index contributed by atoms with van der Waals surface area (Å²) in [6.45, 7) is -0.135. The van der Waals surface area contributed by atoms with Crippen LogP contribution in [-0.2, 0) is 16.1 Å². The van der Waals surface area contributed by atoms with Crippen LogP contribution in [0.1, 0.15) is 37.9 Å². The predicted molar refractivity (Wildman–Crippen MR) is 126 cm³/mol. The fraction of sp³-hybridized carbons (Fsp3) is 0.259. The lowest BCUT2D eigenvalue weighted by atomic mass is 9.87. The zero-order valence-corrected chi connectivity index (χ0v) is 19.0. The summed E-state index contributed by atoms with van der Waals surface area (Å²) in [7, 11) is 0. The van der Waals surface area contributed by atoms with E-state index in [9.17, 15) is 35.1 Å². The summed E-state index contributed by atoms with van der Waals surface area (Å²) in [6.07, 6.45) is -9.98. The smallest absolute Gasteiger partial charge is 0.338 e. The van der Waals surface area contributed by atoms with Crippen molar-refractivity contribution in [3.05, 3.63) is 101 Å². The van der Waals surface area contributed by atoms with E-state index < -0.39 is 48.4 Å². The molecule has 0 spiro atoms. The SMILES string of the molecule is O=C(OCc1ccc([C@@H]2O[C@H](C(O)C(=O)c3ccccc3)[C@@H](O)[C@H](O)[C@H]2O)c(O)c1)c1ccccc1. The minimum absolute atomic E-state index is 0.0518. The zero-order valence-electron chi connectivity index (χ0n) is 19.0. The van der Waals surface area contributed by atoms with Gasteiger partial charge in [0, 0.05) is 11.1 Å². The van der Waals surface area contributed by atoms with Crippen LogP contribution in [0.5, 0.6) is 5.75 Å². The summed E-state index contributed by atoms with van der Waals surface area (Å²) >= 11 is 0. The largest absolute Gasteiger partial charge is 0.508 e. The molecule has 9 nitrogen and oxygen atoms in total. The van der Waals surface area contributed by atoms with Gasteiger partial charge in [0.2, 0.25) is 0 Å². The Morgan fingerprint density at radius 3 is 2.06 bits per heavy atom. The third-order valence-electron chi connectivity index (χ3n) is 6.07. The maximum Gasteiger partial charge on any atom is 0.338 e. The van der Waals surface area contributed by atoms with Crippen molar-refractivity contribution in [2.45, 2.75) is 43.2 Å². The summed E-state index contributed by atoms with van der Waals surface area (Å²) < 4.78 is 10.9. The normalized spacial score (nSPS) is 24.6. The topological polar surface area (TPSA) is 154 Å². The van der Waals surface area contributed by atoms with E-state index in [1.165, 1.54) is 30.3 Å². The summed E-state index contributed by atoms with van der Waals surface area (Å²) in [5, 5.41) is 52.6. The highest BCUT2D eigenvalue weighted by Crippen LogP contribution is 2.38. The van der Waals surface area contributed by atoms with Gasteiger partial charge >= 0.3 is 5.97 Å². The van der Waals surface area contributed by atoms with Crippen LogP contribution in [0, 0.1) is 0 Å². The van der Waals surface area contributed by atoms with E-state index in [4.69, 9.17) is 9.47 Å². The van der Waals surface area contributed by atoms with Crippen molar-refractivity contribution < 1.29 is 44.6 Å². The second-order valence-electron chi connectivity index (χ2n) is 8.50. The molecule has 0 aliphatic carbocycles. The number of aliphatic hydroxyl groups is 4. The molecule has 5 N–H and O–H groups in total. The fourth-order valence-electron chi connectivity index (χ4n) is 4.07. The van der Waals surface area contributed by atoms with Crippen LogP contribution in [0.25, 0.3) is 0 Å². The van der Waals surface area contributed by atoms with Gasteiger partial charge in [0.05, 0.1) is 5.56 Å². The standard InChI is InChI=1S/C27H26O9/c28-19-13-15(14-35-27(34)17-9-5-2-6-10-17)11-12-18(19)25-23(32)21(30)24(33)26(36-25)22(31)20(29)16-7-3-1-4-8-16/h1-13,21-26,28,30-33H,14H2/t21-,22?,23-,24+,25+,26-/m1/s1. The van der Waals surface area contributed by atoms with Crippen molar-refractivity contribution in [3.63, 3.8) is 0 Å². The first kappa shape index (κ1) is 25.5. The monoisotopic (exact) mass is 494 g/mol. The number of phenolic OH excluding ortho intramolecular Hbond substituents is 1. The van der Waals surface area contributed by atoms with Crippen molar-refractivity contribution in [1.82, 2.24) is 0 Å². The van der Waals surface area contributed by atoms with Crippen molar-refractivity contribution in [1.29, 1.82) is 0 Å². The number of rotatable bonds is 7. The zero-order chi connectivity index (χ0) is 25.8. The maximum absolute atomic E-state index is 12.7. The lowest BCUT2D eigenvalue weighted by Crippen LogP contribution is -2.59. The van der Waals surface area contributed by atoms with Crippen molar-refractivity contribution in [2.75, 3.05) is 0 Å². The Bertz CT molecular complexity index is 1200. The molecule has 1 saturated heterocycles. The first-order valence-corrected chi connectivity index (χ1v) is 11.3. The van der Waals surface area contributed by atoms with Crippen LogP contribution in [0.15, 0.2) is 78.9 Å². The quantitative estimate of drug-likeness (QED) is 0.243. The Morgan fingerprint density at radius 1 is 0.833 bits per heavy atom. The molecule has 0 bridgehead atoms. The summed E-state index contributed by atoms with van der Waals surface area (Å²) in [4.78, 5) is 24.8. The van der Waals surface area contributed by atoms with E-state index >= 15 is 0 Å². The molecule has 9 heteroatoms. The molecular formula is C27H26O9. The maximum atomic E-state index is 12.7. The van der Waals surface area contributed by atoms with Crippen LogP contribution in [0.3, 0.4) is 0 Å². The summed E-state index contributed by atoms with van der Waals surface area (Å²) in [5.74, 6) is -1.61. The number of carbonyl (C=O) groups excluding carboxylic acids is 2. The average molecular weight is 494 g/mol. The number of aromatic hydroxyl groups is 1. The van der Waals surface area contributed by atoms with Crippen LogP contribution in [0.4, 0.5) is 0 Å². The first-order chi connectivity index (χ1) is 17.3. The van der Waals surface area contributed by atoms with Crippen molar-refractivity contribution in [3.8, 4) is 5.75 Å². The molecule has 4 rings (SSSR count). The third kappa shape index (κ3) is 5.30. The average Bonchev–Trinajstić information content (AvgIpc) is 2.91. The lowest BCUT2D eigenvalue weighted by Gasteiger charge is -2.42. The molecule has 1 fully saturated rings. The number of ketones is 1. The molecule has 6 atom stereocenters. The van der Waals surface area contributed by atoms with E-state index in [0.717, 1.165) is 0 Å². The van der Waals surface area contributed by atoms with Crippen LogP contribution >= 0.6 is 0 Å². The van der Waals surface area contributed by atoms with Gasteiger partial charge in [0.25, 0.3) is 0 Å². The minimum Gasteiger partial charge on any atom is -0.508 e. The van der Waals surface area contributed by atoms with Crippen molar-refractivity contribution in [2.24, 2.45) is 0 Å². The Labute approximate surface area is 206 Å². The van der Waals surface area contributed by atoms with E-state index in [2.05, 4.69) is 0 Å². The van der Waals surface area contributed by atoms with Crippen LogP contribution < -0.4 is 0 Å². The lowest BCUT2D eigenvalue weighted by molar-refractivity contribution is -0.239. The number of hydrogen-bond acceptors (Lipinski definition) is 9. The van der Waals surface area contributed by atoms with Gasteiger partial charge in [0.15, 0.2) is 5.78 Å². The van der Waals surface area contributed by atoms with E-state index in [1.807, 2.05) is 0 Å². The Morgan fingerprint density at radius 2 is 1.44 bits per heavy atom. The summed E-state index contributed by atoms with van der Waals surface area (Å²) in [5.41, 5.74) is 1.05. The molecule has 1 unspecified atom stereocenters. The highest BCUT2D eigenvalue weighted by Gasteiger charge is 2.49. The van der Waals surface area contributed by atoms with Crippen LogP contribution in [0.2, 0.25) is 0 Å². The minimum atomic E-state index is -1.84. The van der Waals surface area contributed by atoms with Crippen molar-refractivity contribution >= 4 is 11.8 Å². The van der Waals surface area contributed by atoms with Gasteiger partial charge < -0.3 is 35.0 Å². The fourth-order valence-corrected chi connectivity index (χ4v) is 4.07. The van der Waals surface area contributed by atoms with Gasteiger partial charge in [0.1, 0.15) is 49.0 Å². The molecule has 0 radical (unpaired) electrons. The van der Waals surface area contributed by atoms with Crippen LogP contribution in [-0.4, -0.2) is 67.8 Å². The second-order valence-corrected chi connectivity index (χ2v) is 8.50. The molecule has 1 aliphatic heterocycles. The first-order valence-electron chi connectivity index (χ1n) is 11.3. The van der Waals surface area contributed by atoms with E-state index in [-0.39, 0.29) is 23.5 Å². The highest BCUT2D eigenvalue weighted by molar-refractivity contribution is 5.99.